The summed E-state index contributed by atoms with van der Waals surface area (Å²) in [4.78, 5) is 11.4. The lowest BCUT2D eigenvalue weighted by atomic mass is 10.00. The van der Waals surface area contributed by atoms with Crippen molar-refractivity contribution in [2.24, 2.45) is 17.7 Å². The average Bonchev–Trinajstić information content (AvgIpc) is 3.14. The quantitative estimate of drug-likeness (QED) is 0.560. The molecule has 0 amide bonds. The summed E-state index contributed by atoms with van der Waals surface area (Å²) in [6.45, 7) is 1.89. The number of hydrogen-bond donors (Lipinski definition) is 3. The minimum atomic E-state index is -0.137. The number of aromatic nitrogens is 2. The van der Waals surface area contributed by atoms with Crippen LogP contribution in [0.5, 0.6) is 0 Å². The third-order valence-corrected chi connectivity index (χ3v) is 4.96. The standard InChI is InChI=1S/C14H21N5O/c15-18-12-5-13(17-14(16-12)8-1-2-8)19-6-9-3-4-11(20)10(9)7-19/h5,8-11,20H,1-4,6-7,15H2,(H,16,17,18). The number of nitrogens with zero attached hydrogens (tertiary/aromatic N) is 3. The molecule has 2 heterocycles. The van der Waals surface area contributed by atoms with Gasteiger partial charge in [-0.15, -0.1) is 0 Å². The fraction of sp³-hybridized carbons (Fsp3) is 0.714. The average molecular weight is 275 g/mol. The Labute approximate surface area is 118 Å². The Morgan fingerprint density at radius 1 is 1.20 bits per heavy atom. The molecular weight excluding hydrogens is 254 g/mol. The summed E-state index contributed by atoms with van der Waals surface area (Å²) in [7, 11) is 0. The Hall–Kier alpha value is -1.40. The maximum atomic E-state index is 10.0. The largest absolute Gasteiger partial charge is 0.393 e. The van der Waals surface area contributed by atoms with Crippen LogP contribution in [0.3, 0.4) is 0 Å². The molecule has 3 unspecified atom stereocenters. The predicted molar refractivity (Wildman–Crippen MR) is 76.3 cm³/mol. The molecule has 1 aromatic rings. The van der Waals surface area contributed by atoms with E-state index in [9.17, 15) is 5.11 Å². The zero-order chi connectivity index (χ0) is 13.7. The highest BCUT2D eigenvalue weighted by Gasteiger charge is 2.42. The number of nitrogens with one attached hydrogen (secondary N) is 1. The summed E-state index contributed by atoms with van der Waals surface area (Å²) < 4.78 is 0. The van der Waals surface area contributed by atoms with Crippen molar-refractivity contribution in [3.63, 3.8) is 0 Å². The first-order valence-electron chi connectivity index (χ1n) is 7.53. The minimum Gasteiger partial charge on any atom is -0.393 e. The van der Waals surface area contributed by atoms with E-state index in [1.165, 1.54) is 12.8 Å². The van der Waals surface area contributed by atoms with E-state index in [1.807, 2.05) is 6.07 Å². The Morgan fingerprint density at radius 3 is 2.75 bits per heavy atom. The molecule has 4 rings (SSSR count). The monoisotopic (exact) mass is 275 g/mol. The van der Waals surface area contributed by atoms with Crippen molar-refractivity contribution < 1.29 is 5.11 Å². The van der Waals surface area contributed by atoms with Gasteiger partial charge >= 0.3 is 0 Å². The van der Waals surface area contributed by atoms with E-state index in [4.69, 9.17) is 10.8 Å². The molecule has 2 saturated carbocycles. The van der Waals surface area contributed by atoms with Crippen LogP contribution in [0.25, 0.3) is 0 Å². The van der Waals surface area contributed by atoms with Crippen molar-refractivity contribution in [1.29, 1.82) is 0 Å². The maximum absolute atomic E-state index is 10.0. The molecule has 4 N–H and O–H groups in total. The predicted octanol–water partition coefficient (Wildman–Crippen LogP) is 0.847. The lowest BCUT2D eigenvalue weighted by molar-refractivity contribution is 0.133. The number of hydrogen-bond acceptors (Lipinski definition) is 6. The van der Waals surface area contributed by atoms with Gasteiger partial charge in [-0.1, -0.05) is 0 Å². The molecule has 6 heteroatoms. The number of nitrogens with two attached hydrogens (primary N) is 1. The summed E-state index contributed by atoms with van der Waals surface area (Å²) in [5.74, 6) is 9.60. The van der Waals surface area contributed by atoms with Gasteiger partial charge < -0.3 is 15.4 Å². The van der Waals surface area contributed by atoms with Crippen LogP contribution in [0, 0.1) is 11.8 Å². The Morgan fingerprint density at radius 2 is 2.05 bits per heavy atom. The van der Waals surface area contributed by atoms with E-state index in [-0.39, 0.29) is 6.10 Å². The number of aliphatic hydroxyl groups is 1. The number of nitrogen functional groups attached to an aromatic ring is 1. The fourth-order valence-corrected chi connectivity index (χ4v) is 3.64. The summed E-state index contributed by atoms with van der Waals surface area (Å²) in [5.41, 5.74) is 2.65. The number of aliphatic hydroxyl groups excluding tert-OH is 1. The second-order valence-electron chi connectivity index (χ2n) is 6.36. The van der Waals surface area contributed by atoms with E-state index >= 15 is 0 Å². The van der Waals surface area contributed by atoms with Gasteiger partial charge in [-0.3, -0.25) is 0 Å². The number of hydrazine groups is 1. The van der Waals surface area contributed by atoms with Crippen LogP contribution in [-0.4, -0.2) is 34.3 Å². The molecule has 0 aromatic carbocycles. The van der Waals surface area contributed by atoms with Gasteiger partial charge in [-0.2, -0.15) is 0 Å². The first-order chi connectivity index (χ1) is 9.74. The normalized spacial score (nSPS) is 32.5. The van der Waals surface area contributed by atoms with Crippen molar-refractivity contribution in [2.45, 2.75) is 37.7 Å². The van der Waals surface area contributed by atoms with Gasteiger partial charge in [-0.25, -0.2) is 15.8 Å². The van der Waals surface area contributed by atoms with E-state index in [0.717, 1.165) is 37.6 Å². The lowest BCUT2D eigenvalue weighted by Crippen LogP contribution is -2.26. The highest BCUT2D eigenvalue weighted by atomic mass is 16.3. The van der Waals surface area contributed by atoms with Crippen LogP contribution in [0.15, 0.2) is 6.07 Å². The summed E-state index contributed by atoms with van der Waals surface area (Å²) in [6, 6.07) is 1.92. The van der Waals surface area contributed by atoms with Gasteiger partial charge in [0, 0.05) is 31.0 Å². The number of rotatable bonds is 3. The summed E-state index contributed by atoms with van der Waals surface area (Å²) in [5, 5.41) is 10.0. The van der Waals surface area contributed by atoms with Crippen LogP contribution < -0.4 is 16.2 Å². The van der Waals surface area contributed by atoms with Crippen molar-refractivity contribution in [3.8, 4) is 0 Å². The molecule has 3 atom stereocenters. The van der Waals surface area contributed by atoms with Gasteiger partial charge in [0.25, 0.3) is 0 Å². The molecule has 20 heavy (non-hydrogen) atoms. The first kappa shape index (κ1) is 12.3. The van der Waals surface area contributed by atoms with Gasteiger partial charge in [0.1, 0.15) is 17.5 Å². The van der Waals surface area contributed by atoms with Crippen LogP contribution in [-0.2, 0) is 0 Å². The van der Waals surface area contributed by atoms with Crippen molar-refractivity contribution >= 4 is 11.6 Å². The smallest absolute Gasteiger partial charge is 0.145 e. The number of anilines is 2. The van der Waals surface area contributed by atoms with Gasteiger partial charge in [0.05, 0.1) is 6.10 Å². The molecule has 0 radical (unpaired) electrons. The molecule has 0 spiro atoms. The molecule has 3 aliphatic rings. The molecule has 3 fully saturated rings. The molecule has 1 aliphatic heterocycles. The fourth-order valence-electron chi connectivity index (χ4n) is 3.64. The van der Waals surface area contributed by atoms with Crippen LogP contribution in [0.4, 0.5) is 11.6 Å². The zero-order valence-corrected chi connectivity index (χ0v) is 11.5. The van der Waals surface area contributed by atoms with Crippen LogP contribution in [0.1, 0.15) is 37.4 Å². The van der Waals surface area contributed by atoms with Crippen LogP contribution in [0.2, 0.25) is 0 Å². The molecular formula is C14H21N5O. The summed E-state index contributed by atoms with van der Waals surface area (Å²) in [6.07, 6.45) is 4.30. The maximum Gasteiger partial charge on any atom is 0.145 e. The molecule has 1 aromatic heterocycles. The minimum absolute atomic E-state index is 0.137. The highest BCUT2D eigenvalue weighted by molar-refractivity contribution is 5.50. The van der Waals surface area contributed by atoms with Crippen LogP contribution >= 0.6 is 0 Å². The topological polar surface area (TPSA) is 87.3 Å². The van der Waals surface area contributed by atoms with Gasteiger partial charge in [0.15, 0.2) is 0 Å². The second kappa shape index (κ2) is 4.56. The van der Waals surface area contributed by atoms with Crippen molar-refractivity contribution in [3.05, 3.63) is 11.9 Å². The Balaban J connectivity index is 1.60. The Bertz CT molecular complexity index is 518. The Kier molecular flexibility index (Phi) is 2.82. The second-order valence-corrected chi connectivity index (χ2v) is 6.36. The van der Waals surface area contributed by atoms with E-state index < -0.39 is 0 Å². The third kappa shape index (κ3) is 2.03. The third-order valence-electron chi connectivity index (χ3n) is 4.96. The highest BCUT2D eigenvalue weighted by Crippen LogP contribution is 2.42. The first-order valence-corrected chi connectivity index (χ1v) is 7.53. The molecule has 1 saturated heterocycles. The zero-order valence-electron chi connectivity index (χ0n) is 11.5. The van der Waals surface area contributed by atoms with E-state index in [0.29, 0.717) is 23.6 Å². The van der Waals surface area contributed by atoms with Gasteiger partial charge in [-0.05, 0) is 31.6 Å². The van der Waals surface area contributed by atoms with Crippen molar-refractivity contribution in [1.82, 2.24) is 9.97 Å². The summed E-state index contributed by atoms with van der Waals surface area (Å²) >= 11 is 0. The molecule has 2 aliphatic carbocycles. The molecule has 108 valence electrons. The van der Waals surface area contributed by atoms with E-state index in [1.54, 1.807) is 0 Å². The SMILES string of the molecule is NNc1cc(N2CC3CCC(O)C3C2)nc(C2CC2)n1. The molecule has 6 nitrogen and oxygen atoms in total. The molecule has 0 bridgehead atoms. The lowest BCUT2D eigenvalue weighted by Gasteiger charge is -2.20. The van der Waals surface area contributed by atoms with Crippen molar-refractivity contribution in [2.75, 3.05) is 23.4 Å². The van der Waals surface area contributed by atoms with Gasteiger partial charge in [0.2, 0.25) is 0 Å². The number of fused-ring (bicyclic) bond motifs is 1. The van der Waals surface area contributed by atoms with E-state index in [2.05, 4.69) is 15.3 Å².